The summed E-state index contributed by atoms with van der Waals surface area (Å²) in [6.45, 7) is 0.652. The maximum Gasteiger partial charge on any atom is 0.227 e. The van der Waals surface area contributed by atoms with Crippen molar-refractivity contribution in [3.63, 3.8) is 0 Å². The van der Waals surface area contributed by atoms with Crippen LogP contribution in [0.4, 0.5) is 0 Å². The van der Waals surface area contributed by atoms with E-state index >= 15 is 0 Å². The predicted molar refractivity (Wildman–Crippen MR) is 82.4 cm³/mol. The number of halogens is 1. The van der Waals surface area contributed by atoms with Crippen molar-refractivity contribution in [3.8, 4) is 0 Å². The summed E-state index contributed by atoms with van der Waals surface area (Å²) < 4.78 is 11.0. The van der Waals surface area contributed by atoms with Crippen LogP contribution in [0, 0.1) is 17.3 Å². The van der Waals surface area contributed by atoms with Crippen molar-refractivity contribution in [1.82, 2.24) is 10.1 Å². The van der Waals surface area contributed by atoms with Gasteiger partial charge in [-0.15, -0.1) is 0 Å². The Kier molecular flexibility index (Phi) is 3.41. The highest BCUT2D eigenvalue weighted by molar-refractivity contribution is 9.10. The van der Waals surface area contributed by atoms with E-state index < -0.39 is 0 Å². The Balaban J connectivity index is 1.50. The zero-order valence-electron chi connectivity index (χ0n) is 12.6. The summed E-state index contributed by atoms with van der Waals surface area (Å²) in [6.07, 6.45) is 9.87. The summed E-state index contributed by atoms with van der Waals surface area (Å²) in [5, 5.41) is 4.09. The van der Waals surface area contributed by atoms with E-state index in [2.05, 4.69) is 26.1 Å². The Morgan fingerprint density at radius 1 is 1.29 bits per heavy atom. The average molecular weight is 355 g/mol. The third kappa shape index (κ3) is 2.67. The molecule has 4 saturated carbocycles. The maximum absolute atomic E-state index is 5.50. The standard InChI is InChI=1S/C16H23BrN2O2/c1-20-3-2-13-18-14(21-19-13)9-15-5-11-4-12(6-15)8-16(17,7-11)10-15/h11-12H,2-10H2,1H3/t11-,12-,15?,16?/m1/s1. The molecule has 5 heteroatoms. The van der Waals surface area contributed by atoms with Crippen LogP contribution in [0.2, 0.25) is 0 Å². The van der Waals surface area contributed by atoms with Gasteiger partial charge in [0.2, 0.25) is 5.89 Å². The highest BCUT2D eigenvalue weighted by Gasteiger charge is 2.57. The van der Waals surface area contributed by atoms with Crippen molar-refractivity contribution in [2.45, 2.75) is 55.7 Å². The van der Waals surface area contributed by atoms with Gasteiger partial charge in [0.1, 0.15) is 0 Å². The molecule has 0 aromatic carbocycles. The molecule has 0 amide bonds. The van der Waals surface area contributed by atoms with Crippen molar-refractivity contribution in [2.24, 2.45) is 17.3 Å². The highest BCUT2D eigenvalue weighted by atomic mass is 79.9. The molecule has 5 rings (SSSR count). The minimum absolute atomic E-state index is 0.399. The van der Waals surface area contributed by atoms with E-state index in [0.717, 1.165) is 36.4 Å². The van der Waals surface area contributed by atoms with Gasteiger partial charge in [0.05, 0.1) is 6.61 Å². The molecule has 1 aromatic heterocycles. The Labute approximate surface area is 134 Å². The molecular weight excluding hydrogens is 332 g/mol. The van der Waals surface area contributed by atoms with Crippen LogP contribution in [0.15, 0.2) is 4.52 Å². The van der Waals surface area contributed by atoms with Crippen LogP contribution >= 0.6 is 15.9 Å². The van der Waals surface area contributed by atoms with E-state index in [1.807, 2.05) is 0 Å². The van der Waals surface area contributed by atoms with Crippen LogP contribution in [0.1, 0.15) is 50.2 Å². The van der Waals surface area contributed by atoms with E-state index in [1.165, 1.54) is 38.5 Å². The Bertz CT molecular complexity index is 516. The number of hydrogen-bond donors (Lipinski definition) is 0. The molecule has 2 atom stereocenters. The smallest absolute Gasteiger partial charge is 0.227 e. The summed E-state index contributed by atoms with van der Waals surface area (Å²) >= 11 is 4.06. The normalized spacial score (nSPS) is 40.9. The Morgan fingerprint density at radius 3 is 2.71 bits per heavy atom. The lowest BCUT2D eigenvalue weighted by molar-refractivity contribution is -0.0383. The summed E-state index contributed by atoms with van der Waals surface area (Å²) in [7, 11) is 1.70. The van der Waals surface area contributed by atoms with Crippen molar-refractivity contribution < 1.29 is 9.26 Å². The third-order valence-corrected chi connectivity index (χ3v) is 6.60. The summed E-state index contributed by atoms with van der Waals surface area (Å²) in [4.78, 5) is 4.57. The molecule has 4 aliphatic carbocycles. The number of rotatable bonds is 5. The van der Waals surface area contributed by atoms with Gasteiger partial charge in [-0.2, -0.15) is 4.98 Å². The molecule has 0 saturated heterocycles. The number of alkyl halides is 1. The predicted octanol–water partition coefficient (Wildman–Crippen LogP) is 3.53. The molecule has 0 aliphatic heterocycles. The number of nitrogens with zero attached hydrogens (tertiary/aromatic N) is 2. The second-order valence-corrected chi connectivity index (χ2v) is 9.32. The van der Waals surface area contributed by atoms with Gasteiger partial charge in [-0.05, 0) is 55.8 Å². The highest BCUT2D eigenvalue weighted by Crippen LogP contribution is 2.65. The minimum Gasteiger partial charge on any atom is -0.384 e. The minimum atomic E-state index is 0.399. The van der Waals surface area contributed by atoms with E-state index in [0.29, 0.717) is 16.3 Å². The van der Waals surface area contributed by atoms with Gasteiger partial charge in [0.15, 0.2) is 5.82 Å². The van der Waals surface area contributed by atoms with Crippen LogP contribution in [0.5, 0.6) is 0 Å². The first-order valence-electron chi connectivity index (χ1n) is 8.07. The topological polar surface area (TPSA) is 48.2 Å². The number of hydrogen-bond acceptors (Lipinski definition) is 4. The lowest BCUT2D eigenvalue weighted by Crippen LogP contribution is -2.53. The molecule has 116 valence electrons. The molecule has 1 aromatic rings. The Morgan fingerprint density at radius 2 is 2.05 bits per heavy atom. The molecule has 4 fully saturated rings. The molecule has 0 radical (unpaired) electrons. The fraction of sp³-hybridized carbons (Fsp3) is 0.875. The lowest BCUT2D eigenvalue weighted by atomic mass is 9.48. The Hall–Kier alpha value is -0.420. The monoisotopic (exact) mass is 354 g/mol. The fourth-order valence-electron chi connectivity index (χ4n) is 5.52. The first-order valence-corrected chi connectivity index (χ1v) is 8.87. The lowest BCUT2D eigenvalue weighted by Gasteiger charge is -2.60. The molecule has 4 aliphatic rings. The molecule has 21 heavy (non-hydrogen) atoms. The zero-order chi connectivity index (χ0) is 14.5. The van der Waals surface area contributed by atoms with Gasteiger partial charge in [-0.1, -0.05) is 21.1 Å². The third-order valence-electron chi connectivity index (χ3n) is 5.68. The second kappa shape index (κ2) is 5.05. The zero-order valence-corrected chi connectivity index (χ0v) is 14.2. The second-order valence-electron chi connectivity index (χ2n) is 7.64. The van der Waals surface area contributed by atoms with Crippen molar-refractivity contribution >= 4 is 15.9 Å². The van der Waals surface area contributed by atoms with Gasteiger partial charge in [0, 0.05) is 24.3 Å². The van der Waals surface area contributed by atoms with E-state index in [4.69, 9.17) is 9.26 Å². The molecular formula is C16H23BrN2O2. The van der Waals surface area contributed by atoms with Gasteiger partial charge in [-0.25, -0.2) is 0 Å². The summed E-state index contributed by atoms with van der Waals surface area (Å²) in [5.41, 5.74) is 0.401. The van der Waals surface area contributed by atoms with Gasteiger partial charge >= 0.3 is 0 Å². The fourth-order valence-corrected chi connectivity index (χ4v) is 7.03. The van der Waals surface area contributed by atoms with Crippen LogP contribution in [0.25, 0.3) is 0 Å². The van der Waals surface area contributed by atoms with Gasteiger partial charge in [0.25, 0.3) is 0 Å². The number of ether oxygens (including phenoxy) is 1. The largest absolute Gasteiger partial charge is 0.384 e. The van der Waals surface area contributed by atoms with E-state index in [1.54, 1.807) is 7.11 Å². The average Bonchev–Trinajstić information content (AvgIpc) is 2.80. The summed E-state index contributed by atoms with van der Waals surface area (Å²) in [6, 6.07) is 0. The maximum atomic E-state index is 5.50. The summed E-state index contributed by atoms with van der Waals surface area (Å²) in [5.74, 6) is 3.42. The quantitative estimate of drug-likeness (QED) is 0.758. The van der Waals surface area contributed by atoms with Crippen molar-refractivity contribution in [1.29, 1.82) is 0 Å². The van der Waals surface area contributed by atoms with Crippen molar-refractivity contribution in [2.75, 3.05) is 13.7 Å². The molecule has 4 bridgehead atoms. The van der Waals surface area contributed by atoms with Gasteiger partial charge in [-0.3, -0.25) is 0 Å². The first-order chi connectivity index (χ1) is 10.1. The van der Waals surface area contributed by atoms with Gasteiger partial charge < -0.3 is 9.26 Å². The van der Waals surface area contributed by atoms with E-state index in [-0.39, 0.29) is 0 Å². The van der Waals surface area contributed by atoms with Crippen LogP contribution in [-0.2, 0) is 17.6 Å². The van der Waals surface area contributed by atoms with Crippen LogP contribution < -0.4 is 0 Å². The molecule has 1 heterocycles. The molecule has 0 N–H and O–H groups in total. The molecule has 0 unspecified atom stereocenters. The van der Waals surface area contributed by atoms with Crippen molar-refractivity contribution in [3.05, 3.63) is 11.7 Å². The van der Waals surface area contributed by atoms with Crippen LogP contribution in [0.3, 0.4) is 0 Å². The molecule has 4 nitrogen and oxygen atoms in total. The number of aromatic nitrogens is 2. The van der Waals surface area contributed by atoms with E-state index in [9.17, 15) is 0 Å². The first kappa shape index (κ1) is 14.2. The number of methoxy groups -OCH3 is 1. The SMILES string of the molecule is COCCc1noc(CC23C[C@H]4C[C@@H](CC(Br)(C4)C2)C3)n1. The molecule has 0 spiro atoms. The van der Waals surface area contributed by atoms with Crippen LogP contribution in [-0.4, -0.2) is 28.2 Å².